The van der Waals surface area contributed by atoms with E-state index in [1.807, 2.05) is 0 Å². The Morgan fingerprint density at radius 3 is 2.22 bits per heavy atom. The summed E-state index contributed by atoms with van der Waals surface area (Å²) in [6, 6.07) is 20.5. The number of hydrogen-bond acceptors (Lipinski definition) is 5. The molecule has 0 unspecified atom stereocenters. The number of hydrogen-bond donors (Lipinski definition) is 1. The first kappa shape index (κ1) is 28.0. The van der Waals surface area contributed by atoms with Gasteiger partial charge in [0.2, 0.25) is 11.8 Å². The van der Waals surface area contributed by atoms with Crippen molar-refractivity contribution in [2.24, 2.45) is 0 Å². The minimum Gasteiger partial charge on any atom is -0.495 e. The van der Waals surface area contributed by atoms with Gasteiger partial charge in [-0.25, -0.2) is 8.42 Å². The number of para-hydroxylation sites is 2. The fraction of sp³-hybridized carbons (Fsp3) is 0.259. The van der Waals surface area contributed by atoms with Crippen LogP contribution in [0.3, 0.4) is 0 Å². The highest BCUT2D eigenvalue weighted by Crippen LogP contribution is 2.32. The van der Waals surface area contributed by atoms with E-state index in [2.05, 4.69) is 5.32 Å². The second-order valence-electron chi connectivity index (χ2n) is 8.22. The van der Waals surface area contributed by atoms with Crippen LogP contribution in [0.2, 0.25) is 5.02 Å². The number of nitrogens with zero attached hydrogens (tertiary/aromatic N) is 2. The van der Waals surface area contributed by atoms with Gasteiger partial charge in [-0.05, 0) is 55.8 Å². The third-order valence-electron chi connectivity index (χ3n) is 5.75. The molecule has 0 aliphatic heterocycles. The Morgan fingerprint density at radius 1 is 0.973 bits per heavy atom. The van der Waals surface area contributed by atoms with Gasteiger partial charge < -0.3 is 15.0 Å². The fourth-order valence-electron chi connectivity index (χ4n) is 3.76. The molecule has 0 saturated carbocycles. The van der Waals surface area contributed by atoms with Crippen LogP contribution in [0, 0.1) is 0 Å². The molecule has 0 radical (unpaired) electrons. The third kappa shape index (κ3) is 6.81. The van der Waals surface area contributed by atoms with Crippen molar-refractivity contribution in [3.05, 3.63) is 89.4 Å². The lowest BCUT2D eigenvalue weighted by atomic mass is 10.1. The summed E-state index contributed by atoms with van der Waals surface area (Å²) in [5.74, 6) is -0.616. The molecule has 1 N–H and O–H groups in total. The summed E-state index contributed by atoms with van der Waals surface area (Å²) >= 11 is 6.01. The zero-order chi connectivity index (χ0) is 27.0. The fourth-order valence-corrected chi connectivity index (χ4v) is 5.33. The zero-order valence-corrected chi connectivity index (χ0v) is 22.5. The van der Waals surface area contributed by atoms with E-state index in [1.165, 1.54) is 24.1 Å². The number of benzene rings is 3. The minimum atomic E-state index is -4.16. The number of halogens is 1. The average Bonchev–Trinajstić information content (AvgIpc) is 2.91. The lowest BCUT2D eigenvalue weighted by Crippen LogP contribution is -2.51. The molecular weight excluding hydrogens is 514 g/mol. The van der Waals surface area contributed by atoms with Crippen LogP contribution in [0.4, 0.5) is 5.69 Å². The van der Waals surface area contributed by atoms with Crippen LogP contribution >= 0.6 is 11.6 Å². The second-order valence-corrected chi connectivity index (χ2v) is 10.5. The lowest BCUT2D eigenvalue weighted by Gasteiger charge is -2.32. The normalized spacial score (nSPS) is 11.9. The molecule has 0 spiro atoms. The number of amides is 2. The molecule has 0 heterocycles. The number of rotatable bonds is 11. The van der Waals surface area contributed by atoms with E-state index >= 15 is 0 Å². The van der Waals surface area contributed by atoms with Crippen molar-refractivity contribution in [3.63, 3.8) is 0 Å². The molecule has 3 rings (SSSR count). The van der Waals surface area contributed by atoms with E-state index in [0.29, 0.717) is 11.6 Å². The molecule has 0 aliphatic rings. The molecule has 37 heavy (non-hydrogen) atoms. The Bertz CT molecular complexity index is 1320. The summed E-state index contributed by atoms with van der Waals surface area (Å²) in [6.45, 7) is 3.32. The quantitative estimate of drug-likeness (QED) is 0.393. The Labute approximate surface area is 222 Å². The average molecular weight is 544 g/mol. The van der Waals surface area contributed by atoms with Crippen molar-refractivity contribution < 1.29 is 22.7 Å². The van der Waals surface area contributed by atoms with Gasteiger partial charge in [0.15, 0.2) is 0 Å². The standard InChI is InChI=1S/C27H30ClN3O5S/c1-4-29-27(33)20(2)30(18-21-14-16-22(28)17-15-21)26(32)19-31(24-12-8-9-13-25(24)36-3)37(34,35)23-10-6-5-7-11-23/h5-17,20H,4,18-19H2,1-3H3,(H,29,33)/t20-/m0/s1. The Hall–Kier alpha value is -3.56. The summed E-state index contributed by atoms with van der Waals surface area (Å²) in [5, 5.41) is 3.27. The molecule has 196 valence electrons. The molecule has 10 heteroatoms. The van der Waals surface area contributed by atoms with Crippen molar-refractivity contribution in [1.82, 2.24) is 10.2 Å². The zero-order valence-electron chi connectivity index (χ0n) is 20.9. The van der Waals surface area contributed by atoms with Crippen LogP contribution in [0.5, 0.6) is 5.75 Å². The number of sulfonamides is 1. The van der Waals surface area contributed by atoms with Crippen LogP contribution < -0.4 is 14.4 Å². The van der Waals surface area contributed by atoms with Gasteiger partial charge in [-0.15, -0.1) is 0 Å². The lowest BCUT2D eigenvalue weighted by molar-refractivity contribution is -0.139. The van der Waals surface area contributed by atoms with E-state index < -0.39 is 28.5 Å². The van der Waals surface area contributed by atoms with Crippen molar-refractivity contribution >= 4 is 39.1 Å². The number of carbonyl (C=O) groups excluding carboxylic acids is 2. The van der Waals surface area contributed by atoms with Gasteiger partial charge >= 0.3 is 0 Å². The van der Waals surface area contributed by atoms with Crippen LogP contribution in [0.15, 0.2) is 83.8 Å². The molecule has 0 fully saturated rings. The first-order valence-electron chi connectivity index (χ1n) is 11.7. The molecule has 8 nitrogen and oxygen atoms in total. The van der Waals surface area contributed by atoms with Crippen molar-refractivity contribution in [2.75, 3.05) is 24.5 Å². The van der Waals surface area contributed by atoms with Gasteiger partial charge in [-0.1, -0.05) is 54.1 Å². The molecular formula is C27H30ClN3O5S. The number of ether oxygens (including phenoxy) is 1. The van der Waals surface area contributed by atoms with Crippen LogP contribution in [-0.2, 0) is 26.2 Å². The van der Waals surface area contributed by atoms with E-state index in [1.54, 1.807) is 80.6 Å². The van der Waals surface area contributed by atoms with Gasteiger partial charge in [-0.3, -0.25) is 13.9 Å². The van der Waals surface area contributed by atoms with Crippen LogP contribution in [0.1, 0.15) is 19.4 Å². The van der Waals surface area contributed by atoms with Crippen LogP contribution in [-0.4, -0.2) is 51.4 Å². The summed E-state index contributed by atoms with van der Waals surface area (Å²) in [7, 11) is -2.73. The van der Waals surface area contributed by atoms with E-state index in [4.69, 9.17) is 16.3 Å². The first-order valence-corrected chi connectivity index (χ1v) is 13.5. The Kier molecular flexibility index (Phi) is 9.54. The van der Waals surface area contributed by atoms with E-state index in [9.17, 15) is 18.0 Å². The molecule has 0 aliphatic carbocycles. The predicted molar refractivity (Wildman–Crippen MR) is 144 cm³/mol. The summed E-state index contributed by atoms with van der Waals surface area (Å²) < 4.78 is 34.0. The highest BCUT2D eigenvalue weighted by Gasteiger charge is 2.33. The monoisotopic (exact) mass is 543 g/mol. The maximum absolute atomic E-state index is 13.8. The van der Waals surface area contributed by atoms with Gasteiger partial charge in [0.25, 0.3) is 10.0 Å². The van der Waals surface area contributed by atoms with Crippen LogP contribution in [0.25, 0.3) is 0 Å². The van der Waals surface area contributed by atoms with Crippen molar-refractivity contribution in [2.45, 2.75) is 31.3 Å². The Balaban J connectivity index is 2.05. The number of carbonyl (C=O) groups is 2. The third-order valence-corrected chi connectivity index (χ3v) is 7.77. The van der Waals surface area contributed by atoms with E-state index in [0.717, 1.165) is 9.87 Å². The predicted octanol–water partition coefficient (Wildman–Crippen LogP) is 4.10. The molecule has 3 aromatic rings. The second kappa shape index (κ2) is 12.6. The van der Waals surface area contributed by atoms with Gasteiger partial charge in [0.05, 0.1) is 17.7 Å². The highest BCUT2D eigenvalue weighted by molar-refractivity contribution is 7.92. The SMILES string of the molecule is CCNC(=O)[C@H](C)N(Cc1ccc(Cl)cc1)C(=O)CN(c1ccccc1OC)S(=O)(=O)c1ccccc1. The molecule has 3 aromatic carbocycles. The summed E-state index contributed by atoms with van der Waals surface area (Å²) in [5.41, 5.74) is 0.947. The summed E-state index contributed by atoms with van der Waals surface area (Å²) in [4.78, 5) is 27.9. The topological polar surface area (TPSA) is 96.0 Å². The van der Waals surface area contributed by atoms with Crippen molar-refractivity contribution in [1.29, 1.82) is 0 Å². The smallest absolute Gasteiger partial charge is 0.264 e. The molecule has 0 bridgehead atoms. The van der Waals surface area contributed by atoms with Gasteiger partial charge in [0, 0.05) is 18.1 Å². The maximum Gasteiger partial charge on any atom is 0.264 e. The number of methoxy groups -OCH3 is 1. The molecule has 0 saturated heterocycles. The minimum absolute atomic E-state index is 0.0229. The van der Waals surface area contributed by atoms with Gasteiger partial charge in [0.1, 0.15) is 18.3 Å². The number of anilines is 1. The largest absolute Gasteiger partial charge is 0.495 e. The summed E-state index contributed by atoms with van der Waals surface area (Å²) in [6.07, 6.45) is 0. The number of nitrogens with one attached hydrogen (secondary N) is 1. The first-order chi connectivity index (χ1) is 17.7. The highest BCUT2D eigenvalue weighted by atomic mass is 35.5. The number of likely N-dealkylation sites (N-methyl/N-ethyl adjacent to an activating group) is 1. The maximum atomic E-state index is 13.8. The molecule has 0 aromatic heterocycles. The van der Waals surface area contributed by atoms with E-state index in [-0.39, 0.29) is 28.8 Å². The van der Waals surface area contributed by atoms with Gasteiger partial charge in [-0.2, -0.15) is 0 Å². The Morgan fingerprint density at radius 2 is 1.59 bits per heavy atom. The van der Waals surface area contributed by atoms with Crippen molar-refractivity contribution in [3.8, 4) is 5.75 Å². The molecule has 2 amide bonds. The molecule has 1 atom stereocenters.